The number of carbonyl (C=O) groups is 1. The summed E-state index contributed by atoms with van der Waals surface area (Å²) in [6.07, 6.45) is 0.917. The minimum atomic E-state index is -0.858. The molecule has 4 rings (SSSR count). The van der Waals surface area contributed by atoms with Crippen molar-refractivity contribution >= 4 is 40.6 Å². The summed E-state index contributed by atoms with van der Waals surface area (Å²) in [6, 6.07) is 1.38. The summed E-state index contributed by atoms with van der Waals surface area (Å²) in [6.45, 7) is 7.32. The quantitative estimate of drug-likeness (QED) is 0.553. The van der Waals surface area contributed by atoms with Gasteiger partial charge in [0.1, 0.15) is 22.6 Å². The van der Waals surface area contributed by atoms with E-state index in [0.717, 1.165) is 12.1 Å². The smallest absolute Gasteiger partial charge is 0.324 e. The Morgan fingerprint density at radius 2 is 1.23 bits per heavy atom. The Morgan fingerprint density at radius 3 is 1.60 bits per heavy atom. The van der Waals surface area contributed by atoms with Gasteiger partial charge in [0.25, 0.3) is 0 Å². The maximum atomic E-state index is 14.6. The Balaban J connectivity index is 1.65. The van der Waals surface area contributed by atoms with Gasteiger partial charge in [0, 0.05) is 24.0 Å². The number of benzene rings is 2. The first-order valence-corrected chi connectivity index (χ1v) is 10.1. The van der Waals surface area contributed by atoms with E-state index in [-0.39, 0.29) is 32.9 Å². The highest BCUT2D eigenvalue weighted by Crippen LogP contribution is 2.47. The molecule has 5 nitrogen and oxygen atoms in total. The zero-order chi connectivity index (χ0) is 22.0. The Labute approximate surface area is 182 Å². The summed E-state index contributed by atoms with van der Waals surface area (Å²) in [4.78, 5) is 12.6. The van der Waals surface area contributed by atoms with Crippen molar-refractivity contribution in [3.8, 4) is 11.5 Å². The standard InChI is InChI=1S/C21H20Cl2F2N2O3/c1-20(2)7-9-11(22)5-13(24)15(17(9)29-20)26-19(28)27-16-14(25)6-12(23)10-8-21(3,4)30-18(10)16/h5-6H,7-8H2,1-4H3,(H2,26,27,28). The van der Waals surface area contributed by atoms with Crippen molar-refractivity contribution in [2.75, 3.05) is 10.6 Å². The lowest BCUT2D eigenvalue weighted by atomic mass is 10.0. The number of hydrogen-bond acceptors (Lipinski definition) is 3. The van der Waals surface area contributed by atoms with E-state index < -0.39 is 28.9 Å². The van der Waals surface area contributed by atoms with Gasteiger partial charge in [-0.1, -0.05) is 23.2 Å². The summed E-state index contributed by atoms with van der Waals surface area (Å²) in [5.74, 6) is -1.18. The number of amides is 2. The molecule has 2 aromatic rings. The highest BCUT2D eigenvalue weighted by Gasteiger charge is 2.37. The molecule has 0 aromatic heterocycles. The van der Waals surface area contributed by atoms with Gasteiger partial charge in [0.15, 0.2) is 23.1 Å². The zero-order valence-electron chi connectivity index (χ0n) is 16.8. The van der Waals surface area contributed by atoms with Crippen molar-refractivity contribution in [1.29, 1.82) is 0 Å². The fraction of sp³-hybridized carbons (Fsp3) is 0.381. The third kappa shape index (κ3) is 3.65. The van der Waals surface area contributed by atoms with Gasteiger partial charge in [-0.2, -0.15) is 0 Å². The van der Waals surface area contributed by atoms with E-state index in [2.05, 4.69) is 10.6 Å². The molecule has 0 saturated carbocycles. The van der Waals surface area contributed by atoms with Crippen molar-refractivity contribution in [2.45, 2.75) is 51.7 Å². The molecule has 0 saturated heterocycles. The lowest BCUT2D eigenvalue weighted by molar-refractivity contribution is 0.138. The predicted octanol–water partition coefficient (Wildman–Crippen LogP) is 6.34. The van der Waals surface area contributed by atoms with Crippen LogP contribution in [0.5, 0.6) is 11.5 Å². The maximum absolute atomic E-state index is 14.6. The van der Waals surface area contributed by atoms with E-state index in [1.165, 1.54) is 0 Å². The number of rotatable bonds is 2. The topological polar surface area (TPSA) is 59.6 Å². The molecule has 0 atom stereocenters. The molecule has 160 valence electrons. The monoisotopic (exact) mass is 456 g/mol. The Bertz CT molecular complexity index is 1000. The first-order chi connectivity index (χ1) is 13.9. The van der Waals surface area contributed by atoms with Crippen LogP contribution in [-0.4, -0.2) is 17.2 Å². The molecule has 0 fully saturated rings. The molecule has 0 bridgehead atoms. The lowest BCUT2D eigenvalue weighted by Crippen LogP contribution is -2.26. The van der Waals surface area contributed by atoms with Crippen LogP contribution in [0.4, 0.5) is 25.0 Å². The molecule has 0 spiro atoms. The van der Waals surface area contributed by atoms with Crippen LogP contribution < -0.4 is 20.1 Å². The van der Waals surface area contributed by atoms with Gasteiger partial charge in [0.2, 0.25) is 0 Å². The minimum Gasteiger partial charge on any atom is -0.485 e. The van der Waals surface area contributed by atoms with E-state index in [4.69, 9.17) is 32.7 Å². The molecule has 9 heteroatoms. The normalized spacial score (nSPS) is 17.6. The summed E-state index contributed by atoms with van der Waals surface area (Å²) < 4.78 is 40.8. The molecular formula is C21H20Cl2F2N2O3. The highest BCUT2D eigenvalue weighted by molar-refractivity contribution is 6.32. The highest BCUT2D eigenvalue weighted by atomic mass is 35.5. The molecule has 0 unspecified atom stereocenters. The van der Waals surface area contributed by atoms with E-state index in [0.29, 0.717) is 24.0 Å². The second kappa shape index (κ2) is 6.89. The lowest BCUT2D eigenvalue weighted by Gasteiger charge is -2.20. The molecule has 2 aliphatic heterocycles. The fourth-order valence-electron chi connectivity index (χ4n) is 3.80. The van der Waals surface area contributed by atoms with E-state index in [1.54, 1.807) is 0 Å². The molecule has 0 radical (unpaired) electrons. The molecule has 30 heavy (non-hydrogen) atoms. The SMILES string of the molecule is CC1(C)Cc2c(Cl)cc(F)c(NC(=O)Nc3c(F)cc(Cl)c4c3OC(C)(C)C4)c2O1. The van der Waals surface area contributed by atoms with Gasteiger partial charge in [-0.05, 0) is 39.8 Å². The first-order valence-electron chi connectivity index (χ1n) is 9.35. The third-order valence-electron chi connectivity index (χ3n) is 5.00. The van der Waals surface area contributed by atoms with Crippen LogP contribution in [0.2, 0.25) is 10.0 Å². The average molecular weight is 457 g/mol. The van der Waals surface area contributed by atoms with Crippen LogP contribution in [0.25, 0.3) is 0 Å². The largest absolute Gasteiger partial charge is 0.485 e. The van der Waals surface area contributed by atoms with Gasteiger partial charge >= 0.3 is 6.03 Å². The van der Waals surface area contributed by atoms with E-state index in [9.17, 15) is 13.6 Å². The minimum absolute atomic E-state index is 0.162. The number of urea groups is 1. The Morgan fingerprint density at radius 1 is 0.867 bits per heavy atom. The number of carbonyl (C=O) groups excluding carboxylic acids is 1. The van der Waals surface area contributed by atoms with Crippen molar-refractivity contribution in [3.63, 3.8) is 0 Å². The molecule has 0 aliphatic carbocycles. The molecule has 2 heterocycles. The summed E-state index contributed by atoms with van der Waals surface area (Å²) in [7, 11) is 0. The maximum Gasteiger partial charge on any atom is 0.324 e. The van der Waals surface area contributed by atoms with Gasteiger partial charge in [-0.3, -0.25) is 0 Å². The predicted molar refractivity (Wildman–Crippen MR) is 112 cm³/mol. The van der Waals surface area contributed by atoms with Crippen LogP contribution in [0.1, 0.15) is 38.8 Å². The Kier molecular flexibility index (Phi) is 4.82. The average Bonchev–Trinajstić information content (AvgIpc) is 3.11. The molecule has 2 amide bonds. The van der Waals surface area contributed by atoms with E-state index in [1.807, 2.05) is 27.7 Å². The first kappa shape index (κ1) is 21.0. The van der Waals surface area contributed by atoms with E-state index >= 15 is 0 Å². The van der Waals surface area contributed by atoms with Crippen molar-refractivity contribution in [2.24, 2.45) is 0 Å². The molecule has 2 N–H and O–H groups in total. The van der Waals surface area contributed by atoms with Gasteiger partial charge in [-0.15, -0.1) is 0 Å². The number of anilines is 2. The number of nitrogens with one attached hydrogen (secondary N) is 2. The zero-order valence-corrected chi connectivity index (χ0v) is 18.3. The molecule has 2 aliphatic rings. The van der Waals surface area contributed by atoms with Gasteiger partial charge < -0.3 is 20.1 Å². The summed E-state index contributed by atoms with van der Waals surface area (Å²) in [5.41, 5.74) is -0.330. The van der Waals surface area contributed by atoms with Crippen LogP contribution in [0.3, 0.4) is 0 Å². The van der Waals surface area contributed by atoms with Crippen LogP contribution in [-0.2, 0) is 12.8 Å². The van der Waals surface area contributed by atoms with Crippen molar-refractivity contribution < 1.29 is 23.0 Å². The fourth-order valence-corrected chi connectivity index (χ4v) is 4.30. The second-order valence-electron chi connectivity index (χ2n) is 8.70. The Hall–Kier alpha value is -2.25. The molecular weight excluding hydrogens is 437 g/mol. The van der Waals surface area contributed by atoms with Crippen LogP contribution >= 0.6 is 23.2 Å². The summed E-state index contributed by atoms with van der Waals surface area (Å²) >= 11 is 12.3. The van der Waals surface area contributed by atoms with Crippen molar-refractivity contribution in [1.82, 2.24) is 0 Å². The van der Waals surface area contributed by atoms with Crippen molar-refractivity contribution in [3.05, 3.63) is 44.9 Å². The van der Waals surface area contributed by atoms with Crippen LogP contribution in [0, 0.1) is 11.6 Å². The second-order valence-corrected chi connectivity index (χ2v) is 9.52. The number of halogens is 4. The molecule has 2 aromatic carbocycles. The van der Waals surface area contributed by atoms with Gasteiger partial charge in [-0.25, -0.2) is 13.6 Å². The number of ether oxygens (including phenoxy) is 2. The summed E-state index contributed by atoms with van der Waals surface area (Å²) in [5, 5.41) is 5.27. The van der Waals surface area contributed by atoms with Crippen LogP contribution in [0.15, 0.2) is 12.1 Å². The van der Waals surface area contributed by atoms with Gasteiger partial charge in [0.05, 0.1) is 10.0 Å². The number of hydrogen-bond donors (Lipinski definition) is 2. The number of fused-ring (bicyclic) bond motifs is 2. The third-order valence-corrected chi connectivity index (χ3v) is 5.68.